The van der Waals surface area contributed by atoms with Crippen LogP contribution in [0.25, 0.3) is 89.7 Å². The highest BCUT2D eigenvalue weighted by Crippen LogP contribution is 2.37. The Labute approximate surface area is 248 Å². The number of aromatic amines is 2. The van der Waals surface area contributed by atoms with Crippen molar-refractivity contribution >= 4 is 54.3 Å². The quantitative estimate of drug-likeness (QED) is 0.225. The molecule has 210 valence electrons. The smallest absolute Gasteiger partial charge is 0.164 e. The van der Waals surface area contributed by atoms with Crippen LogP contribution in [0.2, 0.25) is 0 Å². The molecule has 0 fully saturated rings. The Kier molecular flexibility index (Phi) is 4.96. The van der Waals surface area contributed by atoms with Gasteiger partial charge in [0, 0.05) is 43.8 Å². The Morgan fingerprint density at radius 1 is 0.455 bits per heavy atom. The summed E-state index contributed by atoms with van der Waals surface area (Å²) in [7, 11) is -4.87. The maximum Gasteiger partial charge on any atom is 0.164 e. The number of aromatic nitrogens is 8. The molecule has 4 aromatic carbocycles. The highest BCUT2D eigenvalue weighted by molar-refractivity contribution is 7.86. The number of fused-ring (bicyclic) bond motifs is 20. The molecule has 2 aliphatic rings. The number of H-pyrrole nitrogens is 2. The zero-order chi connectivity index (χ0) is 29.6. The van der Waals surface area contributed by atoms with E-state index < -0.39 is 15.0 Å². The van der Waals surface area contributed by atoms with Gasteiger partial charge in [-0.1, -0.05) is 84.9 Å². The minimum Gasteiger partial charge on any atom is -0.744 e. The van der Waals surface area contributed by atoms with Crippen LogP contribution in [-0.2, 0) is 10.1 Å². The lowest BCUT2D eigenvalue weighted by Crippen LogP contribution is -1.99. The molecule has 0 saturated heterocycles. The Hall–Kier alpha value is -5.85. The van der Waals surface area contributed by atoms with Gasteiger partial charge in [-0.3, -0.25) is 0 Å². The summed E-state index contributed by atoms with van der Waals surface area (Å²) in [5, 5.41) is 2.24. The van der Waals surface area contributed by atoms with Crippen molar-refractivity contribution in [1.82, 2.24) is 39.9 Å². The maximum atomic E-state index is 12.4. The van der Waals surface area contributed by atoms with E-state index in [0.29, 0.717) is 51.2 Å². The molecule has 9 rings (SSSR count). The van der Waals surface area contributed by atoms with Gasteiger partial charge in [0.1, 0.15) is 32.7 Å². The third kappa shape index (κ3) is 3.62. The molecular formula is C32H17N8O3S-. The summed E-state index contributed by atoms with van der Waals surface area (Å²) in [6.45, 7) is 0. The van der Waals surface area contributed by atoms with Gasteiger partial charge in [-0.05, 0) is 6.07 Å². The predicted molar refractivity (Wildman–Crippen MR) is 164 cm³/mol. The van der Waals surface area contributed by atoms with E-state index in [0.717, 1.165) is 27.5 Å². The molecule has 11 nitrogen and oxygen atoms in total. The Morgan fingerprint density at radius 2 is 0.841 bits per heavy atom. The number of hydrogen-bond donors (Lipinski definition) is 2. The fourth-order valence-corrected chi connectivity index (χ4v) is 6.57. The summed E-state index contributed by atoms with van der Waals surface area (Å²) in [5.74, 6) is 1.55. The van der Waals surface area contributed by atoms with Crippen molar-refractivity contribution in [2.45, 2.75) is 4.90 Å². The van der Waals surface area contributed by atoms with Crippen molar-refractivity contribution in [3.8, 4) is 45.6 Å². The molecule has 7 aromatic rings. The third-order valence-corrected chi connectivity index (χ3v) is 8.69. The number of hydrogen-bond acceptors (Lipinski definition) is 9. The summed E-state index contributed by atoms with van der Waals surface area (Å²) in [5.41, 5.74) is 4.55. The van der Waals surface area contributed by atoms with Crippen LogP contribution in [0.5, 0.6) is 0 Å². The molecule has 0 radical (unpaired) electrons. The van der Waals surface area contributed by atoms with Crippen molar-refractivity contribution < 1.29 is 13.0 Å². The topological polar surface area (TPSA) is 166 Å². The SMILES string of the molecule is O=S(=O)([O-])c1cccc2c3nc4nc(nc5[nH]c(nc6nc(nc([nH]3)c12)-c1ccccc1-6)c1ccccc51)-c1ccccc1-4. The minimum atomic E-state index is -4.87. The number of benzene rings is 4. The number of rotatable bonds is 1. The van der Waals surface area contributed by atoms with Crippen molar-refractivity contribution in [1.29, 1.82) is 0 Å². The van der Waals surface area contributed by atoms with E-state index in [9.17, 15) is 13.0 Å². The predicted octanol–water partition coefficient (Wildman–Crippen LogP) is 5.77. The van der Waals surface area contributed by atoms with Crippen molar-refractivity contribution in [3.63, 3.8) is 0 Å². The highest BCUT2D eigenvalue weighted by Gasteiger charge is 2.22. The Bertz CT molecular complexity index is 2660. The van der Waals surface area contributed by atoms with Gasteiger partial charge in [0.05, 0.1) is 4.90 Å². The van der Waals surface area contributed by atoms with Gasteiger partial charge in [-0.15, -0.1) is 0 Å². The summed E-state index contributed by atoms with van der Waals surface area (Å²) in [6, 6.07) is 27.4. The summed E-state index contributed by atoms with van der Waals surface area (Å²) in [6.07, 6.45) is 0. The summed E-state index contributed by atoms with van der Waals surface area (Å²) >= 11 is 0. The first-order chi connectivity index (χ1) is 21.4. The normalized spacial score (nSPS) is 12.4. The van der Waals surface area contributed by atoms with E-state index in [4.69, 9.17) is 29.9 Å². The number of nitrogens with zero attached hydrogens (tertiary/aromatic N) is 6. The fraction of sp³-hybridized carbons (Fsp3) is 0. The van der Waals surface area contributed by atoms with Crippen molar-refractivity contribution in [2.75, 3.05) is 0 Å². The van der Waals surface area contributed by atoms with Crippen LogP contribution in [0.3, 0.4) is 0 Å². The Morgan fingerprint density at radius 3 is 1.32 bits per heavy atom. The molecule has 12 heteroatoms. The Balaban J connectivity index is 1.53. The van der Waals surface area contributed by atoms with Gasteiger partial charge in [-0.25, -0.2) is 38.3 Å². The second kappa shape index (κ2) is 8.83. The van der Waals surface area contributed by atoms with E-state index in [1.807, 2.05) is 72.8 Å². The van der Waals surface area contributed by atoms with Crippen molar-refractivity contribution in [3.05, 3.63) is 91.0 Å². The van der Waals surface area contributed by atoms with E-state index >= 15 is 0 Å². The van der Waals surface area contributed by atoms with Gasteiger partial charge in [-0.2, -0.15) is 0 Å². The van der Waals surface area contributed by atoms with E-state index in [2.05, 4.69) is 9.97 Å². The standard InChI is InChI=1S/C32H18N8O3S/c41-44(42,43)23-15-7-14-22-24(23)32-39-30-21-13-6-5-12-20(21)28(37-30)35-26-17-9-2-1-8-16(17)25(33-26)34-27-18-10-3-4-11-19(18)29(36-27)38-31(22)40-32/h1-15H,(H,41,42,43)(H2,33,34,35,36,37,38,39,40)/p-1. The zero-order valence-corrected chi connectivity index (χ0v) is 23.3. The van der Waals surface area contributed by atoms with Crippen LogP contribution in [0.1, 0.15) is 0 Å². The lowest BCUT2D eigenvalue weighted by atomic mass is 10.1. The first-order valence-electron chi connectivity index (χ1n) is 13.6. The fourth-order valence-electron chi connectivity index (χ4n) is 5.87. The van der Waals surface area contributed by atoms with Gasteiger partial charge in [0.25, 0.3) is 0 Å². The minimum absolute atomic E-state index is 0.122. The van der Waals surface area contributed by atoms with Crippen LogP contribution in [0.4, 0.5) is 0 Å². The molecule has 8 bridgehead atoms. The lowest BCUT2D eigenvalue weighted by molar-refractivity contribution is 0.464. The molecule has 2 N–H and O–H groups in total. The molecule has 0 spiro atoms. The zero-order valence-electron chi connectivity index (χ0n) is 22.5. The van der Waals surface area contributed by atoms with Crippen molar-refractivity contribution in [2.24, 2.45) is 0 Å². The van der Waals surface area contributed by atoms with Crippen LogP contribution < -0.4 is 0 Å². The van der Waals surface area contributed by atoms with Crippen LogP contribution in [0.15, 0.2) is 95.9 Å². The first kappa shape index (κ1) is 24.7. The van der Waals surface area contributed by atoms with Crippen LogP contribution in [0, 0.1) is 0 Å². The molecule has 0 amide bonds. The second-order valence-electron chi connectivity index (χ2n) is 10.4. The summed E-state index contributed by atoms with van der Waals surface area (Å²) < 4.78 is 37.2. The molecule has 0 atom stereocenters. The molecule has 0 saturated carbocycles. The second-order valence-corrected chi connectivity index (χ2v) is 11.7. The first-order valence-corrected chi connectivity index (χ1v) is 15.0. The van der Waals surface area contributed by atoms with Gasteiger partial charge < -0.3 is 14.5 Å². The van der Waals surface area contributed by atoms with E-state index in [-0.39, 0.29) is 11.0 Å². The van der Waals surface area contributed by atoms with Gasteiger partial charge in [0.2, 0.25) is 0 Å². The van der Waals surface area contributed by atoms with Crippen LogP contribution in [-0.4, -0.2) is 52.8 Å². The highest BCUT2D eigenvalue weighted by atomic mass is 32.2. The number of nitrogens with one attached hydrogen (secondary N) is 2. The van der Waals surface area contributed by atoms with Gasteiger partial charge in [0.15, 0.2) is 23.3 Å². The molecule has 44 heavy (non-hydrogen) atoms. The average Bonchev–Trinajstić information content (AvgIpc) is 3.76. The molecule has 3 aromatic heterocycles. The molecule has 0 aliphatic carbocycles. The monoisotopic (exact) mass is 593 g/mol. The van der Waals surface area contributed by atoms with E-state index in [1.54, 1.807) is 6.07 Å². The molecule has 5 heterocycles. The third-order valence-electron chi connectivity index (χ3n) is 7.81. The maximum absolute atomic E-state index is 12.4. The van der Waals surface area contributed by atoms with Gasteiger partial charge >= 0.3 is 0 Å². The average molecular weight is 594 g/mol. The molecule has 0 unspecified atom stereocenters. The van der Waals surface area contributed by atoms with E-state index in [1.165, 1.54) is 12.1 Å². The van der Waals surface area contributed by atoms with Crippen LogP contribution >= 0.6 is 0 Å². The molecular weight excluding hydrogens is 576 g/mol. The lowest BCUT2D eigenvalue weighted by Gasteiger charge is -2.07. The largest absolute Gasteiger partial charge is 0.744 e. The summed E-state index contributed by atoms with van der Waals surface area (Å²) in [4.78, 5) is 35.2. The molecule has 2 aliphatic heterocycles.